The maximum Gasteiger partial charge on any atom is 0.263 e. The van der Waals surface area contributed by atoms with Crippen LogP contribution in [0.5, 0.6) is 0 Å². The summed E-state index contributed by atoms with van der Waals surface area (Å²) < 4.78 is 27.3. The lowest BCUT2D eigenvalue weighted by molar-refractivity contribution is -0.116. The zero-order valence-electron chi connectivity index (χ0n) is 12.7. The molecule has 1 aliphatic rings. The van der Waals surface area contributed by atoms with Gasteiger partial charge in [0.2, 0.25) is 5.91 Å². The fourth-order valence-corrected chi connectivity index (χ4v) is 3.85. The quantitative estimate of drug-likeness (QED) is 0.921. The summed E-state index contributed by atoms with van der Waals surface area (Å²) in [7, 11) is -3.75. The summed E-state index contributed by atoms with van der Waals surface area (Å²) >= 11 is 0. The van der Waals surface area contributed by atoms with E-state index in [2.05, 4.69) is 14.9 Å². The minimum Gasteiger partial charge on any atom is -0.309 e. The zero-order chi connectivity index (χ0) is 16.6. The van der Waals surface area contributed by atoms with Crippen molar-refractivity contribution < 1.29 is 13.2 Å². The Balaban J connectivity index is 1.94. The number of carbonyl (C=O) groups excluding carboxylic acids is 1. The molecule has 3 rings (SSSR count). The summed E-state index contributed by atoms with van der Waals surface area (Å²) in [6.45, 7) is 3.44. The van der Waals surface area contributed by atoms with E-state index in [1.54, 1.807) is 23.1 Å². The Morgan fingerprint density at radius 2 is 2.13 bits per heavy atom. The largest absolute Gasteiger partial charge is 0.309 e. The van der Waals surface area contributed by atoms with Crippen LogP contribution in [0.2, 0.25) is 0 Å². The summed E-state index contributed by atoms with van der Waals surface area (Å²) in [6, 6.07) is 7.91. The van der Waals surface area contributed by atoms with Gasteiger partial charge < -0.3 is 4.90 Å². The molecule has 0 saturated carbocycles. The molecule has 0 unspecified atom stereocenters. The lowest BCUT2D eigenvalue weighted by atomic mass is 10.1. The second kappa shape index (κ2) is 5.62. The zero-order valence-corrected chi connectivity index (χ0v) is 13.5. The van der Waals surface area contributed by atoms with Crippen LogP contribution in [0.25, 0.3) is 0 Å². The van der Waals surface area contributed by atoms with E-state index in [0.717, 1.165) is 11.3 Å². The van der Waals surface area contributed by atoms with Crippen molar-refractivity contribution in [3.05, 3.63) is 42.1 Å². The first-order valence-electron chi connectivity index (χ1n) is 7.12. The molecule has 1 amide bonds. The van der Waals surface area contributed by atoms with Crippen molar-refractivity contribution in [2.75, 3.05) is 9.62 Å². The minimum absolute atomic E-state index is 0.0217. The molecule has 1 N–H and O–H groups in total. The van der Waals surface area contributed by atoms with Gasteiger partial charge in [0.1, 0.15) is 0 Å². The van der Waals surface area contributed by atoms with Gasteiger partial charge in [0.05, 0.1) is 4.90 Å². The minimum atomic E-state index is -3.75. The van der Waals surface area contributed by atoms with Crippen LogP contribution in [0.4, 0.5) is 11.5 Å². The Morgan fingerprint density at radius 3 is 2.78 bits per heavy atom. The Hall–Kier alpha value is -2.48. The van der Waals surface area contributed by atoms with Crippen molar-refractivity contribution in [2.24, 2.45) is 0 Å². The van der Waals surface area contributed by atoms with E-state index in [1.165, 1.54) is 25.3 Å². The maximum atomic E-state index is 12.4. The molecule has 1 aliphatic heterocycles. The van der Waals surface area contributed by atoms with Crippen molar-refractivity contribution in [2.45, 2.75) is 31.2 Å². The van der Waals surface area contributed by atoms with Gasteiger partial charge in [-0.15, -0.1) is 5.10 Å². The van der Waals surface area contributed by atoms with Gasteiger partial charge in [-0.2, -0.15) is 5.10 Å². The molecule has 1 aromatic heterocycles. The molecule has 1 aromatic carbocycles. The molecule has 1 atom stereocenters. The number of hydrogen-bond donors (Lipinski definition) is 1. The Labute approximate surface area is 134 Å². The third kappa shape index (κ3) is 2.89. The topological polar surface area (TPSA) is 92.3 Å². The molecule has 8 heteroatoms. The molecule has 0 fully saturated rings. The van der Waals surface area contributed by atoms with Gasteiger partial charge in [-0.05, 0) is 49.2 Å². The summed E-state index contributed by atoms with van der Waals surface area (Å²) in [5.74, 6) is 0.108. The number of amides is 1. The molecule has 0 aliphatic carbocycles. The van der Waals surface area contributed by atoms with Crippen LogP contribution in [-0.2, 0) is 21.2 Å². The smallest absolute Gasteiger partial charge is 0.263 e. The van der Waals surface area contributed by atoms with Crippen LogP contribution in [-0.4, -0.2) is 30.6 Å². The van der Waals surface area contributed by atoms with Crippen LogP contribution in [0.1, 0.15) is 19.4 Å². The van der Waals surface area contributed by atoms with Crippen LogP contribution >= 0.6 is 0 Å². The molecular formula is C15H16N4O3S. The van der Waals surface area contributed by atoms with Crippen LogP contribution < -0.4 is 9.62 Å². The highest BCUT2D eigenvalue weighted by Crippen LogP contribution is 2.34. The average Bonchev–Trinajstić information content (AvgIpc) is 2.82. The summed E-state index contributed by atoms with van der Waals surface area (Å²) in [6.07, 6.45) is 2.09. The van der Waals surface area contributed by atoms with E-state index >= 15 is 0 Å². The first kappa shape index (κ1) is 15.4. The normalized spacial score (nSPS) is 17.0. The van der Waals surface area contributed by atoms with Crippen LogP contribution in [0.15, 0.2) is 41.4 Å². The van der Waals surface area contributed by atoms with Gasteiger partial charge in [0, 0.05) is 24.8 Å². The van der Waals surface area contributed by atoms with E-state index in [4.69, 9.17) is 0 Å². The highest BCUT2D eigenvalue weighted by atomic mass is 32.2. The third-order valence-corrected chi connectivity index (χ3v) is 5.08. The molecule has 0 radical (unpaired) electrons. The number of benzene rings is 1. The number of nitrogens with zero attached hydrogens (tertiary/aromatic N) is 3. The van der Waals surface area contributed by atoms with Gasteiger partial charge in [-0.3, -0.25) is 9.52 Å². The first-order valence-corrected chi connectivity index (χ1v) is 8.60. The predicted octanol–water partition coefficient (Wildman–Crippen LogP) is 1.57. The van der Waals surface area contributed by atoms with E-state index in [-0.39, 0.29) is 22.7 Å². The van der Waals surface area contributed by atoms with Crippen molar-refractivity contribution in [1.29, 1.82) is 0 Å². The number of rotatable bonds is 3. The monoisotopic (exact) mass is 332 g/mol. The maximum absolute atomic E-state index is 12.4. The van der Waals surface area contributed by atoms with Gasteiger partial charge in [0.25, 0.3) is 10.0 Å². The molecule has 0 saturated heterocycles. The van der Waals surface area contributed by atoms with Crippen LogP contribution in [0, 0.1) is 0 Å². The Bertz CT molecular complexity index is 852. The van der Waals surface area contributed by atoms with Crippen molar-refractivity contribution in [1.82, 2.24) is 10.2 Å². The average molecular weight is 332 g/mol. The van der Waals surface area contributed by atoms with Gasteiger partial charge >= 0.3 is 0 Å². The third-order valence-electron chi connectivity index (χ3n) is 3.73. The van der Waals surface area contributed by atoms with Gasteiger partial charge in [-0.25, -0.2) is 8.42 Å². The second-order valence-corrected chi connectivity index (χ2v) is 7.13. The summed E-state index contributed by atoms with van der Waals surface area (Å²) in [4.78, 5) is 13.5. The number of aromatic nitrogens is 2. The number of sulfonamides is 1. The molecule has 120 valence electrons. The predicted molar refractivity (Wildman–Crippen MR) is 85.6 cm³/mol. The van der Waals surface area contributed by atoms with Crippen molar-refractivity contribution in [3.63, 3.8) is 0 Å². The molecule has 2 aromatic rings. The molecule has 0 spiro atoms. The SMILES string of the molecule is CC(=O)N1c2ccc(S(=O)(=O)Nc3cccnn3)cc2C[C@H]1C. The first-order chi connectivity index (χ1) is 10.9. The molecule has 23 heavy (non-hydrogen) atoms. The number of fused-ring (bicyclic) bond motifs is 1. The molecule has 2 heterocycles. The van der Waals surface area contributed by atoms with E-state index < -0.39 is 10.0 Å². The van der Waals surface area contributed by atoms with E-state index in [0.29, 0.717) is 6.42 Å². The molecular weight excluding hydrogens is 316 g/mol. The fraction of sp³-hybridized carbons (Fsp3) is 0.267. The number of anilines is 2. The van der Waals surface area contributed by atoms with Gasteiger partial charge in [0.15, 0.2) is 5.82 Å². The second-order valence-electron chi connectivity index (χ2n) is 5.45. The lowest BCUT2D eigenvalue weighted by Gasteiger charge is -2.20. The lowest BCUT2D eigenvalue weighted by Crippen LogP contribution is -2.33. The number of nitrogens with one attached hydrogen (secondary N) is 1. The molecule has 7 nitrogen and oxygen atoms in total. The van der Waals surface area contributed by atoms with E-state index in [1.807, 2.05) is 6.92 Å². The van der Waals surface area contributed by atoms with Gasteiger partial charge in [-0.1, -0.05) is 0 Å². The fourth-order valence-electron chi connectivity index (χ4n) is 2.81. The Morgan fingerprint density at radius 1 is 1.35 bits per heavy atom. The van der Waals surface area contributed by atoms with Crippen molar-refractivity contribution in [3.8, 4) is 0 Å². The highest BCUT2D eigenvalue weighted by molar-refractivity contribution is 7.92. The van der Waals surface area contributed by atoms with Crippen LogP contribution in [0.3, 0.4) is 0 Å². The number of hydrogen-bond acceptors (Lipinski definition) is 5. The molecule has 0 bridgehead atoms. The summed E-state index contributed by atoms with van der Waals surface area (Å²) in [5.41, 5.74) is 1.61. The Kier molecular flexibility index (Phi) is 3.77. The standard InChI is InChI=1S/C15H16N4O3S/c1-10-8-12-9-13(5-6-14(12)19(10)11(2)20)23(21,22)18-15-4-3-7-16-17-15/h3-7,9-10H,8H2,1-2H3,(H,17,18)/t10-/m1/s1. The van der Waals surface area contributed by atoms with E-state index in [9.17, 15) is 13.2 Å². The number of carbonyl (C=O) groups is 1. The highest BCUT2D eigenvalue weighted by Gasteiger charge is 2.30. The summed E-state index contributed by atoms with van der Waals surface area (Å²) in [5, 5.41) is 7.35. The van der Waals surface area contributed by atoms with Crippen molar-refractivity contribution >= 4 is 27.4 Å².